The van der Waals surface area contributed by atoms with Gasteiger partial charge in [0.15, 0.2) is 0 Å². The zero-order valence-electron chi connectivity index (χ0n) is 6.92. The highest BCUT2D eigenvalue weighted by molar-refractivity contribution is 14.1. The van der Waals surface area contributed by atoms with Gasteiger partial charge in [0, 0.05) is 6.04 Å². The van der Waals surface area contributed by atoms with Crippen LogP contribution in [0.5, 0.6) is 0 Å². The van der Waals surface area contributed by atoms with Gasteiger partial charge in [0.25, 0.3) is 0 Å². The second-order valence-electron chi connectivity index (χ2n) is 3.18. The van der Waals surface area contributed by atoms with Gasteiger partial charge in [-0.25, -0.2) is 13.1 Å². The average molecular weight is 303 g/mol. The van der Waals surface area contributed by atoms with E-state index >= 15 is 0 Å². The molecule has 72 valence electrons. The molecule has 1 fully saturated rings. The zero-order valence-corrected chi connectivity index (χ0v) is 9.90. The minimum absolute atomic E-state index is 0.168. The highest BCUT2D eigenvalue weighted by atomic mass is 127. The Balaban J connectivity index is 2.39. The topological polar surface area (TPSA) is 46.2 Å². The molecule has 1 saturated carbocycles. The smallest absolute Gasteiger partial charge is 0.212 e. The highest BCUT2D eigenvalue weighted by Crippen LogP contribution is 2.18. The number of rotatable bonds is 3. The predicted molar refractivity (Wildman–Crippen MR) is 57.8 cm³/mol. The SMILES string of the molecule is O=S(=O)(CI)NC1CCCCC1. The van der Waals surface area contributed by atoms with E-state index in [0.29, 0.717) is 0 Å². The molecule has 1 aliphatic carbocycles. The molecule has 0 amide bonds. The van der Waals surface area contributed by atoms with Crippen LogP contribution in [-0.2, 0) is 10.0 Å². The van der Waals surface area contributed by atoms with E-state index in [1.165, 1.54) is 6.42 Å². The van der Waals surface area contributed by atoms with Crippen LogP contribution >= 0.6 is 22.6 Å². The third kappa shape index (κ3) is 3.57. The summed E-state index contributed by atoms with van der Waals surface area (Å²) in [6.45, 7) is 0. The van der Waals surface area contributed by atoms with Gasteiger partial charge in [0.2, 0.25) is 10.0 Å². The molecule has 1 aliphatic rings. The van der Waals surface area contributed by atoms with Crippen molar-refractivity contribution in [3.05, 3.63) is 0 Å². The van der Waals surface area contributed by atoms with Crippen molar-refractivity contribution >= 4 is 32.6 Å². The van der Waals surface area contributed by atoms with Gasteiger partial charge in [-0.15, -0.1) is 0 Å². The van der Waals surface area contributed by atoms with Crippen LogP contribution < -0.4 is 4.72 Å². The quantitative estimate of drug-likeness (QED) is 0.636. The first-order valence-corrected chi connectivity index (χ1v) is 7.38. The molecule has 0 saturated heterocycles. The summed E-state index contributed by atoms with van der Waals surface area (Å²) in [6.07, 6.45) is 5.59. The molecule has 0 radical (unpaired) electrons. The number of alkyl halides is 1. The standard InChI is InChI=1S/C7H14INO2S/c8-6-12(10,11)9-7-4-2-1-3-5-7/h7,9H,1-6H2. The summed E-state index contributed by atoms with van der Waals surface area (Å²) in [5.74, 6) is 0. The average Bonchev–Trinajstić information content (AvgIpc) is 2.06. The Morgan fingerprint density at radius 2 is 1.83 bits per heavy atom. The first-order valence-electron chi connectivity index (χ1n) is 4.20. The molecule has 0 spiro atoms. The molecule has 0 bridgehead atoms. The van der Waals surface area contributed by atoms with Gasteiger partial charge in [0.1, 0.15) is 3.76 Å². The van der Waals surface area contributed by atoms with Gasteiger partial charge in [-0.05, 0) is 12.8 Å². The first-order chi connectivity index (χ1) is 5.64. The van der Waals surface area contributed by atoms with Crippen LogP contribution in [0.15, 0.2) is 0 Å². The molecule has 0 aromatic heterocycles. The molecule has 0 unspecified atom stereocenters. The maximum atomic E-state index is 11.1. The van der Waals surface area contributed by atoms with Crippen LogP contribution in [0.4, 0.5) is 0 Å². The fraction of sp³-hybridized carbons (Fsp3) is 1.00. The number of hydrogen-bond acceptors (Lipinski definition) is 2. The molecule has 1 rings (SSSR count). The van der Waals surface area contributed by atoms with Crippen LogP contribution in [0, 0.1) is 0 Å². The van der Waals surface area contributed by atoms with Crippen molar-refractivity contribution in [1.82, 2.24) is 4.72 Å². The Morgan fingerprint density at radius 1 is 1.25 bits per heavy atom. The summed E-state index contributed by atoms with van der Waals surface area (Å²) in [5, 5.41) is 0. The van der Waals surface area contributed by atoms with E-state index in [-0.39, 0.29) is 9.80 Å². The molecule has 5 heteroatoms. The minimum Gasteiger partial charge on any atom is -0.212 e. The van der Waals surface area contributed by atoms with E-state index < -0.39 is 10.0 Å². The summed E-state index contributed by atoms with van der Waals surface area (Å²) in [5.41, 5.74) is 0. The van der Waals surface area contributed by atoms with Gasteiger partial charge in [-0.3, -0.25) is 0 Å². The molecule has 0 atom stereocenters. The number of sulfonamides is 1. The summed E-state index contributed by atoms with van der Waals surface area (Å²) >= 11 is 1.88. The van der Waals surface area contributed by atoms with Crippen LogP contribution in [0.2, 0.25) is 0 Å². The molecule has 0 aromatic carbocycles. The molecule has 3 nitrogen and oxygen atoms in total. The number of hydrogen-bond donors (Lipinski definition) is 1. The molecule has 0 aliphatic heterocycles. The lowest BCUT2D eigenvalue weighted by Crippen LogP contribution is -2.36. The Labute approximate surface area is 87.5 Å². The monoisotopic (exact) mass is 303 g/mol. The van der Waals surface area contributed by atoms with Crippen LogP contribution in [0.3, 0.4) is 0 Å². The molecular weight excluding hydrogens is 289 g/mol. The van der Waals surface area contributed by atoms with Gasteiger partial charge in [-0.2, -0.15) is 0 Å². The maximum absolute atomic E-state index is 11.1. The van der Waals surface area contributed by atoms with E-state index in [1.54, 1.807) is 0 Å². The van der Waals surface area contributed by atoms with Crippen molar-refractivity contribution in [3.8, 4) is 0 Å². The predicted octanol–water partition coefficient (Wildman–Crippen LogP) is 1.63. The second-order valence-corrected chi connectivity index (χ2v) is 6.73. The molecule has 1 N–H and O–H groups in total. The summed E-state index contributed by atoms with van der Waals surface area (Å²) in [7, 11) is -2.98. The second kappa shape index (κ2) is 4.76. The first kappa shape index (κ1) is 10.7. The third-order valence-corrected chi connectivity index (χ3v) is 5.53. The van der Waals surface area contributed by atoms with Crippen LogP contribution in [0.1, 0.15) is 32.1 Å². The summed E-state index contributed by atoms with van der Waals surface area (Å²) in [4.78, 5) is 0. The summed E-state index contributed by atoms with van der Waals surface area (Å²) < 4.78 is 25.2. The van der Waals surface area contributed by atoms with Crippen molar-refractivity contribution in [2.24, 2.45) is 0 Å². The molecule has 0 aromatic rings. The van der Waals surface area contributed by atoms with E-state index in [1.807, 2.05) is 22.6 Å². The van der Waals surface area contributed by atoms with E-state index in [0.717, 1.165) is 25.7 Å². The fourth-order valence-electron chi connectivity index (χ4n) is 1.51. The maximum Gasteiger partial charge on any atom is 0.221 e. The normalized spacial score (nSPS) is 21.1. The van der Waals surface area contributed by atoms with Gasteiger partial charge in [-0.1, -0.05) is 41.9 Å². The Hall–Kier alpha value is 0.640. The van der Waals surface area contributed by atoms with E-state index in [4.69, 9.17) is 0 Å². The molecule has 0 heterocycles. The van der Waals surface area contributed by atoms with Gasteiger partial charge >= 0.3 is 0 Å². The zero-order chi connectivity index (χ0) is 9.03. The van der Waals surface area contributed by atoms with E-state index in [2.05, 4.69) is 4.72 Å². The van der Waals surface area contributed by atoms with E-state index in [9.17, 15) is 8.42 Å². The lowest BCUT2D eigenvalue weighted by Gasteiger charge is -2.21. The highest BCUT2D eigenvalue weighted by Gasteiger charge is 2.18. The Morgan fingerprint density at radius 3 is 2.33 bits per heavy atom. The van der Waals surface area contributed by atoms with Crippen LogP contribution in [0.25, 0.3) is 0 Å². The van der Waals surface area contributed by atoms with Crippen molar-refractivity contribution in [2.45, 2.75) is 38.1 Å². The largest absolute Gasteiger partial charge is 0.221 e. The number of nitrogens with one attached hydrogen (secondary N) is 1. The Bertz CT molecular complexity index is 222. The van der Waals surface area contributed by atoms with Crippen molar-refractivity contribution < 1.29 is 8.42 Å². The molecule has 12 heavy (non-hydrogen) atoms. The van der Waals surface area contributed by atoms with Crippen molar-refractivity contribution in [1.29, 1.82) is 0 Å². The lowest BCUT2D eigenvalue weighted by atomic mass is 9.96. The van der Waals surface area contributed by atoms with Gasteiger partial charge < -0.3 is 0 Å². The van der Waals surface area contributed by atoms with Crippen molar-refractivity contribution in [3.63, 3.8) is 0 Å². The van der Waals surface area contributed by atoms with Crippen LogP contribution in [-0.4, -0.2) is 18.2 Å². The number of halogens is 1. The third-order valence-electron chi connectivity index (χ3n) is 2.10. The van der Waals surface area contributed by atoms with Crippen molar-refractivity contribution in [2.75, 3.05) is 3.76 Å². The Kier molecular flexibility index (Phi) is 4.25. The lowest BCUT2D eigenvalue weighted by molar-refractivity contribution is 0.413. The molecular formula is C7H14INO2S. The minimum atomic E-state index is -2.98. The summed E-state index contributed by atoms with van der Waals surface area (Å²) in [6, 6.07) is 0.207. The van der Waals surface area contributed by atoms with Gasteiger partial charge in [0.05, 0.1) is 0 Å². The fourth-order valence-corrected chi connectivity index (χ4v) is 2.85.